The Bertz CT molecular complexity index is 1470. The number of aromatic nitrogens is 4. The summed E-state index contributed by atoms with van der Waals surface area (Å²) in [4.78, 5) is 44.0. The van der Waals surface area contributed by atoms with Crippen molar-refractivity contribution < 1.29 is 14.7 Å². The summed E-state index contributed by atoms with van der Waals surface area (Å²) in [6.07, 6.45) is 6.83. The molecule has 1 aromatic carbocycles. The Morgan fingerprint density at radius 2 is 1.85 bits per heavy atom. The highest BCUT2D eigenvalue weighted by Crippen LogP contribution is 2.38. The van der Waals surface area contributed by atoms with Crippen molar-refractivity contribution >= 4 is 38.7 Å². The number of urea groups is 1. The molecular weight excluding hydrogens is 526 g/mol. The Labute approximate surface area is 237 Å². The van der Waals surface area contributed by atoms with Crippen LogP contribution in [0, 0.1) is 0 Å². The fourth-order valence-corrected chi connectivity index (χ4v) is 5.90. The molecule has 0 radical (unpaired) electrons. The minimum absolute atomic E-state index is 0.0654. The van der Waals surface area contributed by atoms with E-state index in [0.717, 1.165) is 39.0 Å². The van der Waals surface area contributed by atoms with Gasteiger partial charge < -0.3 is 15.3 Å². The summed E-state index contributed by atoms with van der Waals surface area (Å²) >= 11 is 1.40. The van der Waals surface area contributed by atoms with Crippen LogP contribution in [0.5, 0.6) is 0 Å². The molecular formula is C29H35N7O3S. The largest absolute Gasteiger partial charge is 0.481 e. The third-order valence-corrected chi connectivity index (χ3v) is 7.89. The van der Waals surface area contributed by atoms with Gasteiger partial charge in [0.15, 0.2) is 5.13 Å². The average molecular weight is 562 g/mol. The molecule has 40 heavy (non-hydrogen) atoms. The van der Waals surface area contributed by atoms with E-state index in [1.54, 1.807) is 6.20 Å². The Morgan fingerprint density at radius 3 is 2.48 bits per heavy atom. The molecule has 0 aliphatic carbocycles. The van der Waals surface area contributed by atoms with Gasteiger partial charge >= 0.3 is 12.0 Å². The summed E-state index contributed by atoms with van der Waals surface area (Å²) < 4.78 is 0.920. The van der Waals surface area contributed by atoms with Gasteiger partial charge in [0.2, 0.25) is 0 Å². The number of carboxylic acids is 1. The van der Waals surface area contributed by atoms with Crippen LogP contribution >= 0.6 is 11.3 Å². The molecule has 0 bridgehead atoms. The van der Waals surface area contributed by atoms with Crippen molar-refractivity contribution in [3.63, 3.8) is 0 Å². The van der Waals surface area contributed by atoms with Gasteiger partial charge in [0.25, 0.3) is 0 Å². The zero-order valence-corrected chi connectivity index (χ0v) is 24.2. The number of carboxylic acid groups (broad SMARTS) is 1. The maximum atomic E-state index is 12.1. The molecule has 4 rings (SSSR count). The monoisotopic (exact) mass is 561 g/mol. The minimum Gasteiger partial charge on any atom is -0.481 e. The second kappa shape index (κ2) is 12.5. The van der Waals surface area contributed by atoms with Crippen LogP contribution < -0.4 is 10.6 Å². The number of amides is 2. The van der Waals surface area contributed by atoms with Crippen molar-refractivity contribution in [2.24, 2.45) is 0 Å². The molecule has 3 aromatic heterocycles. The first-order valence-electron chi connectivity index (χ1n) is 13.2. The number of nitrogens with one attached hydrogen (secondary N) is 2. The summed E-state index contributed by atoms with van der Waals surface area (Å²) in [5.74, 6) is -0.0939. The number of rotatable bonds is 11. The molecule has 0 spiro atoms. The molecule has 10 nitrogen and oxygen atoms in total. The standard InChI is InChI=1S/C29H35N7O3S/c1-6-30-27(39)35-28-34-22-15-18(14-20(25(22)40-28)21-10-7-8-13-31-21)19-16-32-26(33-17-19)29(2,3)23(36(4)5)11-9-12-24(37)38/h7-8,10,13-17,23H,6,9,11-12H2,1-5H3,(H,37,38)(H2,30,34,35,39). The van der Waals surface area contributed by atoms with E-state index in [1.165, 1.54) is 11.3 Å². The van der Waals surface area contributed by atoms with Crippen LogP contribution in [0.3, 0.4) is 0 Å². The van der Waals surface area contributed by atoms with Crippen LogP contribution in [0.1, 0.15) is 45.9 Å². The molecule has 0 saturated carbocycles. The normalized spacial score (nSPS) is 12.4. The molecule has 11 heteroatoms. The van der Waals surface area contributed by atoms with Gasteiger partial charge in [-0.15, -0.1) is 0 Å². The van der Waals surface area contributed by atoms with Gasteiger partial charge in [0.05, 0.1) is 15.9 Å². The van der Waals surface area contributed by atoms with Crippen LogP contribution in [0.15, 0.2) is 48.9 Å². The predicted octanol–water partition coefficient (Wildman–Crippen LogP) is 5.42. The van der Waals surface area contributed by atoms with Crippen molar-refractivity contribution in [2.45, 2.75) is 51.5 Å². The zero-order valence-electron chi connectivity index (χ0n) is 23.4. The lowest BCUT2D eigenvalue weighted by atomic mass is 9.80. The lowest BCUT2D eigenvalue weighted by molar-refractivity contribution is -0.137. The Balaban J connectivity index is 1.69. The van der Waals surface area contributed by atoms with E-state index in [2.05, 4.69) is 45.4 Å². The van der Waals surface area contributed by atoms with E-state index >= 15 is 0 Å². The van der Waals surface area contributed by atoms with Crippen molar-refractivity contribution in [3.8, 4) is 22.4 Å². The Kier molecular flexibility index (Phi) is 9.06. The maximum absolute atomic E-state index is 12.1. The first-order chi connectivity index (χ1) is 19.1. The van der Waals surface area contributed by atoms with Crippen molar-refractivity contribution in [1.82, 2.24) is 30.2 Å². The first-order valence-corrected chi connectivity index (χ1v) is 14.0. The van der Waals surface area contributed by atoms with Crippen LogP contribution in [0.4, 0.5) is 9.93 Å². The molecule has 3 heterocycles. The fraction of sp³-hybridized carbons (Fsp3) is 0.379. The second-order valence-corrected chi connectivity index (χ2v) is 11.4. The number of carbonyl (C=O) groups excluding carboxylic acids is 1. The molecule has 3 N–H and O–H groups in total. The van der Waals surface area contributed by atoms with E-state index in [4.69, 9.17) is 15.1 Å². The summed E-state index contributed by atoms with van der Waals surface area (Å²) in [5, 5.41) is 15.1. The Morgan fingerprint density at radius 1 is 1.10 bits per heavy atom. The fourth-order valence-electron chi connectivity index (χ4n) is 4.94. The van der Waals surface area contributed by atoms with Gasteiger partial charge in [-0.1, -0.05) is 31.3 Å². The SMILES string of the molecule is CCNC(=O)Nc1nc2cc(-c3cnc(C(C)(C)C(CCCC(=O)O)N(C)C)nc3)cc(-c3ccccn3)c2s1. The quantitative estimate of drug-likeness (QED) is 0.221. The highest BCUT2D eigenvalue weighted by atomic mass is 32.1. The molecule has 1 unspecified atom stereocenters. The van der Waals surface area contributed by atoms with Crippen LogP contribution in [-0.4, -0.2) is 68.6 Å². The number of benzene rings is 1. The molecule has 0 fully saturated rings. The van der Waals surface area contributed by atoms with E-state index < -0.39 is 11.4 Å². The molecule has 0 aliphatic rings. The molecule has 2 amide bonds. The van der Waals surface area contributed by atoms with E-state index in [9.17, 15) is 9.59 Å². The summed E-state index contributed by atoms with van der Waals surface area (Å²) in [7, 11) is 4.00. The first kappa shape index (κ1) is 29.0. The Hall–Kier alpha value is -3.96. The van der Waals surface area contributed by atoms with Gasteiger partial charge in [0, 0.05) is 54.1 Å². The van der Waals surface area contributed by atoms with Crippen molar-refractivity contribution in [3.05, 3.63) is 54.7 Å². The lowest BCUT2D eigenvalue weighted by Gasteiger charge is -2.37. The van der Waals surface area contributed by atoms with Gasteiger partial charge in [-0.05, 0) is 63.7 Å². The smallest absolute Gasteiger partial charge is 0.321 e. The predicted molar refractivity (Wildman–Crippen MR) is 159 cm³/mol. The highest BCUT2D eigenvalue weighted by Gasteiger charge is 2.35. The van der Waals surface area contributed by atoms with E-state index in [-0.39, 0.29) is 18.5 Å². The maximum Gasteiger partial charge on any atom is 0.321 e. The average Bonchev–Trinajstić information content (AvgIpc) is 3.33. The number of aliphatic carboxylic acids is 1. The summed E-state index contributed by atoms with van der Waals surface area (Å²) in [5.41, 5.74) is 3.76. The molecule has 4 aromatic rings. The van der Waals surface area contributed by atoms with Crippen LogP contribution in [0.2, 0.25) is 0 Å². The van der Waals surface area contributed by atoms with Gasteiger partial charge in [-0.3, -0.25) is 15.1 Å². The number of pyridine rings is 1. The van der Waals surface area contributed by atoms with Crippen LogP contribution in [0.25, 0.3) is 32.6 Å². The van der Waals surface area contributed by atoms with Gasteiger partial charge in [-0.25, -0.2) is 19.7 Å². The molecule has 0 aliphatic heterocycles. The number of thiazole rings is 1. The zero-order chi connectivity index (χ0) is 28.9. The van der Waals surface area contributed by atoms with E-state index in [0.29, 0.717) is 23.9 Å². The topological polar surface area (TPSA) is 133 Å². The highest BCUT2D eigenvalue weighted by molar-refractivity contribution is 7.22. The van der Waals surface area contributed by atoms with Crippen molar-refractivity contribution in [1.29, 1.82) is 0 Å². The third kappa shape index (κ3) is 6.60. The lowest BCUT2D eigenvalue weighted by Crippen LogP contribution is -2.45. The van der Waals surface area contributed by atoms with Crippen LogP contribution in [-0.2, 0) is 10.2 Å². The number of hydrogen-bond acceptors (Lipinski definition) is 8. The number of fused-ring (bicyclic) bond motifs is 1. The number of anilines is 1. The second-order valence-electron chi connectivity index (χ2n) is 10.4. The number of hydrogen-bond donors (Lipinski definition) is 3. The third-order valence-electron chi connectivity index (χ3n) is 6.87. The number of carbonyl (C=O) groups is 2. The number of nitrogens with zero attached hydrogens (tertiary/aromatic N) is 5. The van der Waals surface area contributed by atoms with Crippen molar-refractivity contribution in [2.75, 3.05) is 26.0 Å². The molecule has 0 saturated heterocycles. The van der Waals surface area contributed by atoms with Gasteiger partial charge in [-0.2, -0.15) is 0 Å². The summed E-state index contributed by atoms with van der Waals surface area (Å²) in [6, 6.07) is 9.55. The molecule has 210 valence electrons. The number of likely N-dealkylation sites (N-methyl/N-ethyl adjacent to an activating group) is 1. The van der Waals surface area contributed by atoms with E-state index in [1.807, 2.05) is 57.7 Å². The molecule has 1 atom stereocenters. The minimum atomic E-state index is -0.787. The summed E-state index contributed by atoms with van der Waals surface area (Å²) in [6.45, 7) is 6.57. The van der Waals surface area contributed by atoms with Gasteiger partial charge in [0.1, 0.15) is 5.82 Å².